The van der Waals surface area contributed by atoms with Crippen LogP contribution in [0.5, 0.6) is 0 Å². The molecule has 1 atom stereocenters. The standard InChI is InChI=1S/C17H19ClFN3O4/c1-2-4-13-20-15(26-22-13)6-3-5-14(23)21-16(17(24)25)10-7-8-11(18)12(19)9-10/h7-9,16H,2-6H2,1H3,(H,21,23)(H,24,25). The van der Waals surface area contributed by atoms with E-state index in [9.17, 15) is 19.1 Å². The molecule has 0 aliphatic rings. The van der Waals surface area contributed by atoms with Crippen LogP contribution in [-0.4, -0.2) is 27.1 Å². The summed E-state index contributed by atoms with van der Waals surface area (Å²) in [6.07, 6.45) is 2.54. The van der Waals surface area contributed by atoms with Crippen molar-refractivity contribution in [2.45, 2.75) is 45.1 Å². The number of carbonyl (C=O) groups excluding carboxylic acids is 1. The number of nitrogens with zero attached hydrogens (tertiary/aromatic N) is 2. The Hall–Kier alpha value is -2.48. The van der Waals surface area contributed by atoms with Crippen LogP contribution < -0.4 is 5.32 Å². The number of carboxylic acid groups (broad SMARTS) is 1. The fourth-order valence-corrected chi connectivity index (χ4v) is 2.45. The van der Waals surface area contributed by atoms with E-state index < -0.39 is 23.7 Å². The summed E-state index contributed by atoms with van der Waals surface area (Å²) >= 11 is 5.59. The number of carbonyl (C=O) groups is 2. The molecule has 1 heterocycles. The molecule has 0 radical (unpaired) electrons. The molecule has 0 saturated carbocycles. The minimum Gasteiger partial charge on any atom is -0.479 e. The third-order valence-electron chi connectivity index (χ3n) is 3.61. The van der Waals surface area contributed by atoms with Crippen LogP contribution >= 0.6 is 11.6 Å². The van der Waals surface area contributed by atoms with Gasteiger partial charge in [-0.05, 0) is 30.5 Å². The van der Waals surface area contributed by atoms with Crippen molar-refractivity contribution in [3.05, 3.63) is 46.3 Å². The molecule has 1 amide bonds. The maximum atomic E-state index is 13.5. The molecule has 9 heteroatoms. The number of rotatable bonds is 9. The molecule has 1 aromatic carbocycles. The predicted octanol–water partition coefficient (Wildman–Crippen LogP) is 3.08. The fraction of sp³-hybridized carbons (Fsp3) is 0.412. The molecule has 0 aliphatic heterocycles. The summed E-state index contributed by atoms with van der Waals surface area (Å²) in [4.78, 5) is 27.6. The van der Waals surface area contributed by atoms with Crippen LogP contribution in [0.4, 0.5) is 4.39 Å². The number of aryl methyl sites for hydroxylation is 2. The summed E-state index contributed by atoms with van der Waals surface area (Å²) in [6, 6.07) is 2.25. The van der Waals surface area contributed by atoms with Gasteiger partial charge in [-0.25, -0.2) is 9.18 Å². The van der Waals surface area contributed by atoms with E-state index in [0.29, 0.717) is 24.6 Å². The Kier molecular flexibility index (Phi) is 7.08. The van der Waals surface area contributed by atoms with Gasteiger partial charge in [0.25, 0.3) is 0 Å². The second-order valence-electron chi connectivity index (χ2n) is 5.72. The smallest absolute Gasteiger partial charge is 0.330 e. The van der Waals surface area contributed by atoms with Crippen molar-refractivity contribution < 1.29 is 23.6 Å². The van der Waals surface area contributed by atoms with Crippen molar-refractivity contribution in [1.82, 2.24) is 15.5 Å². The van der Waals surface area contributed by atoms with Crippen molar-refractivity contribution in [2.75, 3.05) is 0 Å². The second-order valence-corrected chi connectivity index (χ2v) is 6.13. The molecule has 2 rings (SSSR count). The van der Waals surface area contributed by atoms with Gasteiger partial charge in [0, 0.05) is 19.3 Å². The molecule has 140 valence electrons. The number of aromatic nitrogens is 2. The summed E-state index contributed by atoms with van der Waals surface area (Å²) in [5.74, 6) is -1.44. The van der Waals surface area contributed by atoms with E-state index >= 15 is 0 Å². The Labute approximate surface area is 154 Å². The summed E-state index contributed by atoms with van der Waals surface area (Å²) in [7, 11) is 0. The fourth-order valence-electron chi connectivity index (χ4n) is 2.33. The maximum absolute atomic E-state index is 13.5. The Morgan fingerprint density at radius 1 is 1.38 bits per heavy atom. The van der Waals surface area contributed by atoms with E-state index in [2.05, 4.69) is 15.5 Å². The minimum absolute atomic E-state index is 0.0747. The van der Waals surface area contributed by atoms with Crippen LogP contribution in [0.3, 0.4) is 0 Å². The summed E-state index contributed by atoms with van der Waals surface area (Å²) in [5.41, 5.74) is 0.105. The lowest BCUT2D eigenvalue weighted by Crippen LogP contribution is -2.33. The summed E-state index contributed by atoms with van der Waals surface area (Å²) in [5, 5.41) is 15.4. The van der Waals surface area contributed by atoms with Crippen molar-refractivity contribution in [3.63, 3.8) is 0 Å². The molecule has 2 N–H and O–H groups in total. The van der Waals surface area contributed by atoms with Gasteiger partial charge >= 0.3 is 5.97 Å². The monoisotopic (exact) mass is 383 g/mol. The summed E-state index contributed by atoms with van der Waals surface area (Å²) in [6.45, 7) is 2.01. The Morgan fingerprint density at radius 3 is 2.81 bits per heavy atom. The molecule has 2 aromatic rings. The van der Waals surface area contributed by atoms with Gasteiger partial charge in [-0.3, -0.25) is 4.79 Å². The van der Waals surface area contributed by atoms with Gasteiger partial charge in [-0.1, -0.05) is 29.7 Å². The lowest BCUT2D eigenvalue weighted by atomic mass is 10.1. The third kappa shape index (κ3) is 5.52. The predicted molar refractivity (Wildman–Crippen MR) is 91.2 cm³/mol. The van der Waals surface area contributed by atoms with Crippen molar-refractivity contribution in [3.8, 4) is 0 Å². The zero-order valence-corrected chi connectivity index (χ0v) is 14.9. The number of hydrogen-bond donors (Lipinski definition) is 2. The highest BCUT2D eigenvalue weighted by Crippen LogP contribution is 2.21. The Bertz CT molecular complexity index is 781. The number of amides is 1. The van der Waals surface area contributed by atoms with Crippen molar-refractivity contribution >= 4 is 23.5 Å². The van der Waals surface area contributed by atoms with Crippen LogP contribution in [0.15, 0.2) is 22.7 Å². The maximum Gasteiger partial charge on any atom is 0.330 e. The topological polar surface area (TPSA) is 105 Å². The number of halogens is 2. The zero-order valence-electron chi connectivity index (χ0n) is 14.2. The highest BCUT2D eigenvalue weighted by Gasteiger charge is 2.23. The zero-order chi connectivity index (χ0) is 19.1. The van der Waals surface area contributed by atoms with E-state index in [0.717, 1.165) is 18.9 Å². The number of carboxylic acids is 1. The second kappa shape index (κ2) is 9.28. The molecule has 0 bridgehead atoms. The highest BCUT2D eigenvalue weighted by atomic mass is 35.5. The van der Waals surface area contributed by atoms with Crippen LogP contribution in [0.2, 0.25) is 5.02 Å². The van der Waals surface area contributed by atoms with Gasteiger partial charge in [0.1, 0.15) is 5.82 Å². The molecule has 0 aliphatic carbocycles. The average molecular weight is 384 g/mol. The van der Waals surface area contributed by atoms with Crippen LogP contribution in [0.25, 0.3) is 0 Å². The molecule has 0 fully saturated rings. The largest absolute Gasteiger partial charge is 0.479 e. The average Bonchev–Trinajstić information content (AvgIpc) is 3.03. The quantitative estimate of drug-likeness (QED) is 0.689. The third-order valence-corrected chi connectivity index (χ3v) is 3.91. The minimum atomic E-state index is -1.35. The summed E-state index contributed by atoms with van der Waals surface area (Å²) < 4.78 is 18.6. The van der Waals surface area contributed by atoms with Gasteiger partial charge in [0.15, 0.2) is 11.9 Å². The molecular formula is C17H19ClFN3O4. The number of aliphatic carboxylic acids is 1. The first-order valence-electron chi connectivity index (χ1n) is 8.19. The van der Waals surface area contributed by atoms with Gasteiger partial charge in [-0.15, -0.1) is 0 Å². The molecule has 1 unspecified atom stereocenters. The highest BCUT2D eigenvalue weighted by molar-refractivity contribution is 6.30. The first kappa shape index (κ1) is 19.8. The molecular weight excluding hydrogens is 365 g/mol. The number of hydrogen-bond acceptors (Lipinski definition) is 5. The first-order valence-corrected chi connectivity index (χ1v) is 8.57. The Morgan fingerprint density at radius 2 is 2.15 bits per heavy atom. The number of benzene rings is 1. The lowest BCUT2D eigenvalue weighted by molar-refractivity contribution is -0.142. The van der Waals surface area contributed by atoms with Crippen molar-refractivity contribution in [1.29, 1.82) is 0 Å². The van der Waals surface area contributed by atoms with Gasteiger partial charge < -0.3 is 14.9 Å². The SMILES string of the molecule is CCCc1noc(CCCC(=O)NC(C(=O)O)c2ccc(Cl)c(F)c2)n1. The van der Waals surface area contributed by atoms with E-state index in [4.69, 9.17) is 16.1 Å². The van der Waals surface area contributed by atoms with E-state index in [-0.39, 0.29) is 17.0 Å². The van der Waals surface area contributed by atoms with Gasteiger partial charge in [-0.2, -0.15) is 4.98 Å². The van der Waals surface area contributed by atoms with Crippen LogP contribution in [0, 0.1) is 5.82 Å². The molecule has 0 spiro atoms. The first-order chi connectivity index (χ1) is 12.4. The van der Waals surface area contributed by atoms with Crippen LogP contribution in [-0.2, 0) is 22.4 Å². The Balaban J connectivity index is 1.89. The van der Waals surface area contributed by atoms with E-state index in [1.54, 1.807) is 0 Å². The molecule has 7 nitrogen and oxygen atoms in total. The van der Waals surface area contributed by atoms with Crippen LogP contribution in [0.1, 0.15) is 49.5 Å². The lowest BCUT2D eigenvalue weighted by Gasteiger charge is -2.15. The van der Waals surface area contributed by atoms with Crippen molar-refractivity contribution in [2.24, 2.45) is 0 Å². The van der Waals surface area contributed by atoms with E-state index in [1.807, 2.05) is 6.92 Å². The molecule has 26 heavy (non-hydrogen) atoms. The van der Waals surface area contributed by atoms with E-state index in [1.165, 1.54) is 12.1 Å². The van der Waals surface area contributed by atoms with Gasteiger partial charge in [0.05, 0.1) is 5.02 Å². The molecule has 1 aromatic heterocycles. The normalized spacial score (nSPS) is 12.0. The molecule has 0 saturated heterocycles. The van der Waals surface area contributed by atoms with Gasteiger partial charge in [0.2, 0.25) is 11.8 Å². The number of nitrogens with one attached hydrogen (secondary N) is 1.